The van der Waals surface area contributed by atoms with Crippen LogP contribution in [0.3, 0.4) is 0 Å². The van der Waals surface area contributed by atoms with Crippen LogP contribution >= 0.6 is 0 Å². The highest BCUT2D eigenvalue weighted by molar-refractivity contribution is 6.05. The molecule has 0 saturated heterocycles. The van der Waals surface area contributed by atoms with E-state index in [1.54, 1.807) is 12.1 Å². The number of benzene rings is 2. The Morgan fingerprint density at radius 3 is 2.81 bits per heavy atom. The van der Waals surface area contributed by atoms with Crippen molar-refractivity contribution in [3.05, 3.63) is 58.7 Å². The SMILES string of the molecule is Cc1cc(F)c(NC(=O)c2ccc3c(c2)NCC3)cc1F. The van der Waals surface area contributed by atoms with Gasteiger partial charge in [0.05, 0.1) is 5.69 Å². The van der Waals surface area contributed by atoms with E-state index in [1.807, 2.05) is 6.07 Å². The molecule has 0 aromatic heterocycles. The van der Waals surface area contributed by atoms with Crippen molar-refractivity contribution in [3.63, 3.8) is 0 Å². The Kier molecular flexibility index (Phi) is 3.33. The third-order valence-corrected chi connectivity index (χ3v) is 3.58. The van der Waals surface area contributed by atoms with E-state index in [2.05, 4.69) is 10.6 Å². The molecule has 0 radical (unpaired) electrons. The molecule has 5 heteroatoms. The van der Waals surface area contributed by atoms with E-state index in [4.69, 9.17) is 0 Å². The monoisotopic (exact) mass is 288 g/mol. The topological polar surface area (TPSA) is 41.1 Å². The Morgan fingerprint density at radius 2 is 2.00 bits per heavy atom. The van der Waals surface area contributed by atoms with Gasteiger partial charge in [-0.3, -0.25) is 4.79 Å². The largest absolute Gasteiger partial charge is 0.384 e. The average molecular weight is 288 g/mol. The van der Waals surface area contributed by atoms with E-state index in [1.165, 1.54) is 6.92 Å². The molecule has 1 heterocycles. The summed E-state index contributed by atoms with van der Waals surface area (Å²) in [6, 6.07) is 7.34. The Labute approximate surface area is 121 Å². The van der Waals surface area contributed by atoms with Gasteiger partial charge in [0, 0.05) is 23.9 Å². The number of anilines is 2. The molecule has 0 fully saturated rings. The first-order valence-electron chi connectivity index (χ1n) is 6.68. The maximum Gasteiger partial charge on any atom is 0.255 e. The summed E-state index contributed by atoms with van der Waals surface area (Å²) in [5.74, 6) is -1.67. The summed E-state index contributed by atoms with van der Waals surface area (Å²) < 4.78 is 27.2. The summed E-state index contributed by atoms with van der Waals surface area (Å²) >= 11 is 0. The van der Waals surface area contributed by atoms with Crippen LogP contribution in [0.25, 0.3) is 0 Å². The van der Waals surface area contributed by atoms with Crippen LogP contribution in [0, 0.1) is 18.6 Å². The number of carbonyl (C=O) groups is 1. The number of rotatable bonds is 2. The molecule has 2 N–H and O–H groups in total. The molecule has 0 bridgehead atoms. The molecule has 21 heavy (non-hydrogen) atoms. The van der Waals surface area contributed by atoms with E-state index in [9.17, 15) is 13.6 Å². The maximum atomic E-state index is 13.7. The van der Waals surface area contributed by atoms with Crippen LogP contribution in [0.5, 0.6) is 0 Å². The lowest BCUT2D eigenvalue weighted by molar-refractivity contribution is 0.102. The van der Waals surface area contributed by atoms with Gasteiger partial charge in [-0.25, -0.2) is 8.78 Å². The second kappa shape index (κ2) is 5.16. The van der Waals surface area contributed by atoms with Crippen molar-refractivity contribution in [2.75, 3.05) is 17.2 Å². The van der Waals surface area contributed by atoms with Crippen molar-refractivity contribution in [2.45, 2.75) is 13.3 Å². The fourth-order valence-corrected chi connectivity index (χ4v) is 2.37. The van der Waals surface area contributed by atoms with Crippen molar-refractivity contribution in [1.29, 1.82) is 0 Å². The van der Waals surface area contributed by atoms with Crippen molar-refractivity contribution in [3.8, 4) is 0 Å². The van der Waals surface area contributed by atoms with E-state index < -0.39 is 17.5 Å². The highest BCUT2D eigenvalue weighted by atomic mass is 19.1. The van der Waals surface area contributed by atoms with Crippen LogP contribution in [-0.2, 0) is 6.42 Å². The molecule has 3 rings (SSSR count). The minimum atomic E-state index is -0.651. The Bertz CT molecular complexity index is 728. The molecule has 0 spiro atoms. The molecule has 2 aromatic carbocycles. The van der Waals surface area contributed by atoms with Crippen molar-refractivity contribution < 1.29 is 13.6 Å². The zero-order valence-corrected chi connectivity index (χ0v) is 11.5. The molecular weight excluding hydrogens is 274 g/mol. The fraction of sp³-hybridized carbons (Fsp3) is 0.188. The molecule has 3 nitrogen and oxygen atoms in total. The first-order valence-corrected chi connectivity index (χ1v) is 6.68. The highest BCUT2D eigenvalue weighted by Crippen LogP contribution is 2.24. The highest BCUT2D eigenvalue weighted by Gasteiger charge is 2.15. The van der Waals surface area contributed by atoms with Gasteiger partial charge in [0.1, 0.15) is 11.6 Å². The van der Waals surface area contributed by atoms with Crippen molar-refractivity contribution >= 4 is 17.3 Å². The third-order valence-electron chi connectivity index (χ3n) is 3.58. The predicted molar refractivity (Wildman–Crippen MR) is 77.7 cm³/mol. The zero-order chi connectivity index (χ0) is 15.0. The lowest BCUT2D eigenvalue weighted by Crippen LogP contribution is -2.13. The Hall–Kier alpha value is -2.43. The number of amides is 1. The lowest BCUT2D eigenvalue weighted by atomic mass is 10.1. The van der Waals surface area contributed by atoms with E-state index >= 15 is 0 Å². The van der Waals surface area contributed by atoms with Gasteiger partial charge in [-0.15, -0.1) is 0 Å². The summed E-state index contributed by atoms with van der Waals surface area (Å²) in [4.78, 5) is 12.1. The Morgan fingerprint density at radius 1 is 1.19 bits per heavy atom. The number of fused-ring (bicyclic) bond motifs is 1. The quantitative estimate of drug-likeness (QED) is 0.888. The predicted octanol–water partition coefficient (Wildman–Crippen LogP) is 3.49. The maximum absolute atomic E-state index is 13.7. The number of hydrogen-bond acceptors (Lipinski definition) is 2. The molecule has 1 aliphatic heterocycles. The smallest absolute Gasteiger partial charge is 0.255 e. The molecule has 0 unspecified atom stereocenters. The second-order valence-corrected chi connectivity index (χ2v) is 5.08. The van der Waals surface area contributed by atoms with Gasteiger partial charge in [-0.2, -0.15) is 0 Å². The molecule has 0 saturated carbocycles. The normalized spacial score (nSPS) is 12.7. The summed E-state index contributed by atoms with van der Waals surface area (Å²) in [7, 11) is 0. The van der Waals surface area contributed by atoms with Crippen LogP contribution in [0.15, 0.2) is 30.3 Å². The summed E-state index contributed by atoms with van der Waals surface area (Å²) in [6.45, 7) is 2.31. The lowest BCUT2D eigenvalue weighted by Gasteiger charge is -2.09. The summed E-state index contributed by atoms with van der Waals surface area (Å²) in [6.07, 6.45) is 0.926. The molecular formula is C16H14F2N2O. The average Bonchev–Trinajstić information content (AvgIpc) is 2.92. The van der Waals surface area contributed by atoms with Crippen molar-refractivity contribution in [2.24, 2.45) is 0 Å². The van der Waals surface area contributed by atoms with E-state index in [0.29, 0.717) is 5.56 Å². The second-order valence-electron chi connectivity index (χ2n) is 5.08. The van der Waals surface area contributed by atoms with Gasteiger partial charge in [-0.1, -0.05) is 6.07 Å². The molecule has 1 aliphatic rings. The summed E-state index contributed by atoms with van der Waals surface area (Å²) in [5, 5.41) is 5.58. The molecule has 0 aliphatic carbocycles. The van der Waals surface area contributed by atoms with Crippen LogP contribution < -0.4 is 10.6 Å². The van der Waals surface area contributed by atoms with E-state index in [0.717, 1.165) is 36.3 Å². The fourth-order valence-electron chi connectivity index (χ4n) is 2.37. The van der Waals surface area contributed by atoms with Gasteiger partial charge in [0.15, 0.2) is 0 Å². The van der Waals surface area contributed by atoms with Gasteiger partial charge in [-0.05, 0) is 42.7 Å². The zero-order valence-electron chi connectivity index (χ0n) is 11.5. The number of hydrogen-bond donors (Lipinski definition) is 2. The van der Waals surface area contributed by atoms with Gasteiger partial charge >= 0.3 is 0 Å². The van der Waals surface area contributed by atoms with Crippen LogP contribution in [-0.4, -0.2) is 12.5 Å². The number of nitrogens with one attached hydrogen (secondary N) is 2. The van der Waals surface area contributed by atoms with E-state index in [-0.39, 0.29) is 11.3 Å². The number of carbonyl (C=O) groups excluding carboxylic acids is 1. The molecule has 0 atom stereocenters. The first kappa shape index (κ1) is 13.5. The summed E-state index contributed by atoms with van der Waals surface area (Å²) in [5.41, 5.74) is 2.52. The number of halogens is 2. The molecule has 2 aromatic rings. The minimum absolute atomic E-state index is 0.156. The van der Waals surface area contributed by atoms with Gasteiger partial charge in [0.25, 0.3) is 5.91 Å². The van der Waals surface area contributed by atoms with Crippen molar-refractivity contribution in [1.82, 2.24) is 0 Å². The van der Waals surface area contributed by atoms with Gasteiger partial charge in [0.2, 0.25) is 0 Å². The van der Waals surface area contributed by atoms with Gasteiger partial charge < -0.3 is 10.6 Å². The minimum Gasteiger partial charge on any atom is -0.384 e. The van der Waals surface area contributed by atoms with Crippen LogP contribution in [0.1, 0.15) is 21.5 Å². The first-order chi connectivity index (χ1) is 10.0. The van der Waals surface area contributed by atoms with Crippen LogP contribution in [0.2, 0.25) is 0 Å². The Balaban J connectivity index is 1.85. The number of aryl methyl sites for hydroxylation is 1. The molecule has 1 amide bonds. The van der Waals surface area contributed by atoms with Crippen LogP contribution in [0.4, 0.5) is 20.2 Å². The third kappa shape index (κ3) is 2.59. The molecule has 108 valence electrons. The standard InChI is InChI=1S/C16H14F2N2O/c1-9-6-13(18)15(8-12(9)17)20-16(21)11-3-2-10-4-5-19-14(10)7-11/h2-3,6-8,19H,4-5H2,1H3,(H,20,21).